The van der Waals surface area contributed by atoms with Crippen LogP contribution in [0.15, 0.2) is 12.4 Å². The van der Waals surface area contributed by atoms with E-state index >= 15 is 0 Å². The lowest BCUT2D eigenvalue weighted by molar-refractivity contribution is -0.130. The van der Waals surface area contributed by atoms with E-state index in [4.69, 9.17) is 4.74 Å². The molecule has 0 spiro atoms. The van der Waals surface area contributed by atoms with Gasteiger partial charge in [0.05, 0.1) is 18.9 Å². The van der Waals surface area contributed by atoms with E-state index in [9.17, 15) is 4.79 Å². The Morgan fingerprint density at radius 3 is 2.90 bits per heavy atom. The Morgan fingerprint density at radius 1 is 1.38 bits per heavy atom. The Labute approximate surface area is 125 Å². The maximum Gasteiger partial charge on any atom is 0.234 e. The van der Waals surface area contributed by atoms with Gasteiger partial charge in [-0.15, -0.1) is 0 Å². The number of nitrogens with zero attached hydrogens (tertiary/aromatic N) is 4. The molecule has 0 aromatic carbocycles. The number of anilines is 1. The Bertz CT molecular complexity index is 516. The van der Waals surface area contributed by atoms with Gasteiger partial charge in [0.2, 0.25) is 11.8 Å². The van der Waals surface area contributed by atoms with Crippen molar-refractivity contribution in [3.63, 3.8) is 0 Å². The van der Waals surface area contributed by atoms with Gasteiger partial charge in [0.1, 0.15) is 6.10 Å². The fourth-order valence-corrected chi connectivity index (χ4v) is 2.53. The minimum Gasteiger partial charge on any atom is -0.471 e. The number of likely N-dealkylation sites (tertiary alicyclic amines) is 1. The molecule has 6 nitrogen and oxygen atoms in total. The van der Waals surface area contributed by atoms with Crippen LogP contribution in [0.4, 0.5) is 5.82 Å². The molecule has 2 heterocycles. The van der Waals surface area contributed by atoms with Gasteiger partial charge < -0.3 is 14.5 Å². The van der Waals surface area contributed by atoms with E-state index in [0.717, 1.165) is 18.8 Å². The molecule has 1 saturated carbocycles. The monoisotopic (exact) mass is 290 g/mol. The average molecular weight is 290 g/mol. The summed E-state index contributed by atoms with van der Waals surface area (Å²) in [5.74, 6) is 2.21. The number of hydrogen-bond acceptors (Lipinski definition) is 5. The smallest absolute Gasteiger partial charge is 0.234 e. The third-order valence-corrected chi connectivity index (χ3v) is 4.00. The molecular formula is C15H22N4O2. The predicted octanol–water partition coefficient (Wildman–Crippen LogP) is 1.32. The summed E-state index contributed by atoms with van der Waals surface area (Å²) in [7, 11) is 3.84. The van der Waals surface area contributed by atoms with Gasteiger partial charge in [-0.05, 0) is 18.8 Å². The number of hydrogen-bond donors (Lipinski definition) is 0. The molecule has 1 unspecified atom stereocenters. The van der Waals surface area contributed by atoms with Crippen molar-refractivity contribution in [2.24, 2.45) is 5.92 Å². The van der Waals surface area contributed by atoms with Crippen LogP contribution in [-0.4, -0.2) is 54.1 Å². The van der Waals surface area contributed by atoms with Gasteiger partial charge in [-0.2, -0.15) is 4.98 Å². The maximum absolute atomic E-state index is 12.1. The van der Waals surface area contributed by atoms with Gasteiger partial charge in [-0.25, -0.2) is 0 Å². The number of carbonyl (C=O) groups excluding carboxylic acids is 1. The number of amides is 1. The summed E-state index contributed by atoms with van der Waals surface area (Å²) in [4.78, 5) is 24.4. The highest BCUT2D eigenvalue weighted by molar-refractivity contribution is 5.77. The molecule has 1 atom stereocenters. The molecule has 1 aromatic heterocycles. The molecule has 3 rings (SSSR count). The van der Waals surface area contributed by atoms with Crippen LogP contribution in [0.25, 0.3) is 0 Å². The quantitative estimate of drug-likeness (QED) is 0.818. The van der Waals surface area contributed by atoms with E-state index in [2.05, 4.69) is 9.97 Å². The van der Waals surface area contributed by atoms with Crippen LogP contribution in [0.2, 0.25) is 0 Å². The molecule has 6 heteroatoms. The second kappa shape index (κ2) is 5.87. The number of carbonyl (C=O) groups is 1. The highest BCUT2D eigenvalue weighted by atomic mass is 16.5. The van der Waals surface area contributed by atoms with E-state index in [1.807, 2.05) is 23.9 Å². The molecular weight excluding hydrogens is 268 g/mol. The zero-order valence-corrected chi connectivity index (χ0v) is 12.7. The van der Waals surface area contributed by atoms with Crippen LogP contribution in [0.1, 0.15) is 25.7 Å². The van der Waals surface area contributed by atoms with E-state index < -0.39 is 0 Å². The molecule has 1 aliphatic carbocycles. The van der Waals surface area contributed by atoms with Gasteiger partial charge in [-0.3, -0.25) is 9.78 Å². The minimum absolute atomic E-state index is 0.0277. The van der Waals surface area contributed by atoms with Crippen LogP contribution in [0.5, 0.6) is 5.88 Å². The van der Waals surface area contributed by atoms with E-state index in [0.29, 0.717) is 24.8 Å². The Kier molecular flexibility index (Phi) is 3.94. The summed E-state index contributed by atoms with van der Waals surface area (Å²) in [6, 6.07) is 0. The normalized spacial score (nSPS) is 21.4. The highest BCUT2D eigenvalue weighted by Crippen LogP contribution is 2.33. The van der Waals surface area contributed by atoms with Gasteiger partial charge in [-0.1, -0.05) is 0 Å². The van der Waals surface area contributed by atoms with E-state index in [1.54, 1.807) is 12.4 Å². The third kappa shape index (κ3) is 3.62. The number of rotatable bonds is 5. The maximum atomic E-state index is 12.1. The van der Waals surface area contributed by atoms with Crippen molar-refractivity contribution in [2.45, 2.75) is 31.8 Å². The summed E-state index contributed by atoms with van der Waals surface area (Å²) in [5.41, 5.74) is 0. The summed E-state index contributed by atoms with van der Waals surface area (Å²) in [6.45, 7) is 1.45. The van der Waals surface area contributed by atoms with Gasteiger partial charge in [0.25, 0.3) is 0 Å². The third-order valence-electron chi connectivity index (χ3n) is 4.00. The Morgan fingerprint density at radius 2 is 2.19 bits per heavy atom. The molecule has 2 fully saturated rings. The summed E-state index contributed by atoms with van der Waals surface area (Å²) >= 11 is 0. The number of ether oxygens (including phenoxy) is 1. The van der Waals surface area contributed by atoms with E-state index in [-0.39, 0.29) is 12.0 Å². The fraction of sp³-hybridized carbons (Fsp3) is 0.667. The fourth-order valence-electron chi connectivity index (χ4n) is 2.53. The van der Waals surface area contributed by atoms with Crippen LogP contribution >= 0.6 is 0 Å². The lowest BCUT2D eigenvalue weighted by atomic mass is 10.2. The largest absolute Gasteiger partial charge is 0.471 e. The van der Waals surface area contributed by atoms with Crippen molar-refractivity contribution in [2.75, 3.05) is 32.1 Å². The second-order valence-corrected chi connectivity index (χ2v) is 6.13. The van der Waals surface area contributed by atoms with Crippen LogP contribution < -0.4 is 9.64 Å². The lowest BCUT2D eigenvalue weighted by Crippen LogP contribution is -2.31. The molecule has 0 radical (unpaired) electrons. The molecule has 1 aliphatic heterocycles. The van der Waals surface area contributed by atoms with Crippen molar-refractivity contribution < 1.29 is 9.53 Å². The topological polar surface area (TPSA) is 58.6 Å². The highest BCUT2D eigenvalue weighted by Gasteiger charge is 2.32. The molecule has 2 aliphatic rings. The second-order valence-electron chi connectivity index (χ2n) is 6.13. The predicted molar refractivity (Wildman–Crippen MR) is 79.3 cm³/mol. The van der Waals surface area contributed by atoms with Crippen molar-refractivity contribution in [1.29, 1.82) is 0 Å². The first-order valence-electron chi connectivity index (χ1n) is 7.55. The summed E-state index contributed by atoms with van der Waals surface area (Å²) in [5, 5.41) is 0. The van der Waals surface area contributed by atoms with Gasteiger partial charge in [0, 0.05) is 33.5 Å². The average Bonchev–Trinajstić information content (AvgIpc) is 3.15. The Balaban J connectivity index is 1.54. The van der Waals surface area contributed by atoms with Gasteiger partial charge in [0.15, 0.2) is 5.82 Å². The van der Waals surface area contributed by atoms with E-state index in [1.165, 1.54) is 12.8 Å². The van der Waals surface area contributed by atoms with Gasteiger partial charge >= 0.3 is 0 Å². The molecule has 1 amide bonds. The van der Waals surface area contributed by atoms with Crippen LogP contribution in [0, 0.1) is 5.92 Å². The molecule has 1 saturated heterocycles. The first-order valence-corrected chi connectivity index (χ1v) is 7.55. The lowest BCUT2D eigenvalue weighted by Gasteiger charge is -2.17. The van der Waals surface area contributed by atoms with Crippen molar-refractivity contribution in [3.8, 4) is 5.88 Å². The van der Waals surface area contributed by atoms with Crippen molar-refractivity contribution in [3.05, 3.63) is 12.4 Å². The van der Waals surface area contributed by atoms with Crippen molar-refractivity contribution >= 4 is 11.7 Å². The molecule has 21 heavy (non-hydrogen) atoms. The standard InChI is InChI=1S/C15H22N4O2/c1-18(2)13-8-16-9-14(17-13)21-12-5-6-19(10-12)15(20)7-11-3-4-11/h8-9,11-12H,3-7,10H2,1-2H3. The number of aromatic nitrogens is 2. The zero-order chi connectivity index (χ0) is 14.8. The molecule has 0 bridgehead atoms. The minimum atomic E-state index is 0.0277. The first kappa shape index (κ1) is 14.1. The SMILES string of the molecule is CN(C)c1cncc(OC2CCN(C(=O)CC3CC3)C2)n1. The molecule has 0 N–H and O–H groups in total. The molecule has 1 aromatic rings. The zero-order valence-electron chi connectivity index (χ0n) is 12.7. The van der Waals surface area contributed by atoms with Crippen molar-refractivity contribution in [1.82, 2.24) is 14.9 Å². The summed E-state index contributed by atoms with van der Waals surface area (Å²) < 4.78 is 5.87. The summed E-state index contributed by atoms with van der Waals surface area (Å²) in [6.07, 6.45) is 7.36. The van der Waals surface area contributed by atoms with Crippen LogP contribution in [-0.2, 0) is 4.79 Å². The molecule has 114 valence electrons. The first-order chi connectivity index (χ1) is 10.1. The Hall–Kier alpha value is -1.85. The van der Waals surface area contributed by atoms with Crippen LogP contribution in [0.3, 0.4) is 0 Å².